The maximum Gasteiger partial charge on any atom is 0.426 e. The molecule has 2 N–H and O–H groups in total. The average Bonchev–Trinajstić information content (AvgIpc) is 2.23. The van der Waals surface area contributed by atoms with Crippen LogP contribution in [0.5, 0.6) is 0 Å². The van der Waals surface area contributed by atoms with Gasteiger partial charge in [0.25, 0.3) is 5.91 Å². The van der Waals surface area contributed by atoms with Crippen LogP contribution in [0.25, 0.3) is 0 Å². The van der Waals surface area contributed by atoms with Crippen molar-refractivity contribution in [1.82, 2.24) is 10.9 Å². The van der Waals surface area contributed by atoms with Gasteiger partial charge in [-0.25, -0.2) is 10.2 Å². The number of rotatable bonds is 1. The molecule has 0 saturated carbocycles. The van der Waals surface area contributed by atoms with E-state index in [1.807, 2.05) is 0 Å². The van der Waals surface area contributed by atoms with Crippen LogP contribution in [0.4, 0.5) is 4.79 Å². The van der Waals surface area contributed by atoms with Crippen molar-refractivity contribution in [2.45, 2.75) is 26.4 Å². The van der Waals surface area contributed by atoms with Gasteiger partial charge in [-0.15, -0.1) is 0 Å². The summed E-state index contributed by atoms with van der Waals surface area (Å²) in [6, 6.07) is 6.37. The predicted molar refractivity (Wildman–Crippen MR) is 68.3 cm³/mol. The van der Waals surface area contributed by atoms with E-state index in [0.717, 1.165) is 0 Å². The third-order valence-electron chi connectivity index (χ3n) is 1.76. The Balaban J connectivity index is 2.49. The monoisotopic (exact) mass is 270 g/mol. The van der Waals surface area contributed by atoms with Crippen LogP contribution in [0.15, 0.2) is 24.3 Å². The molecular weight excluding hydrogens is 256 g/mol. The van der Waals surface area contributed by atoms with E-state index in [9.17, 15) is 9.59 Å². The summed E-state index contributed by atoms with van der Waals surface area (Å²) in [5.74, 6) is -0.469. The van der Waals surface area contributed by atoms with Crippen LogP contribution in [-0.2, 0) is 4.74 Å². The Morgan fingerprint density at radius 2 is 1.89 bits per heavy atom. The molecule has 0 heterocycles. The molecule has 98 valence electrons. The number of carbonyl (C=O) groups is 2. The summed E-state index contributed by atoms with van der Waals surface area (Å²) in [7, 11) is 0. The molecule has 0 unspecified atom stereocenters. The number of amides is 2. The number of nitrogens with one attached hydrogen (secondary N) is 2. The predicted octanol–water partition coefficient (Wildman–Crippen LogP) is 2.51. The maximum atomic E-state index is 11.6. The molecule has 1 aromatic carbocycles. The van der Waals surface area contributed by atoms with E-state index in [1.54, 1.807) is 39.0 Å². The number of hydrogen-bond acceptors (Lipinski definition) is 3. The Kier molecular flexibility index (Phi) is 4.55. The molecule has 1 rings (SSSR count). The number of carbonyl (C=O) groups excluding carboxylic acids is 2. The van der Waals surface area contributed by atoms with E-state index in [2.05, 4.69) is 10.9 Å². The van der Waals surface area contributed by atoms with Gasteiger partial charge in [0.15, 0.2) is 0 Å². The molecule has 0 spiro atoms. The van der Waals surface area contributed by atoms with Gasteiger partial charge in [-0.05, 0) is 39.0 Å². The minimum Gasteiger partial charge on any atom is -0.443 e. The Labute approximate surface area is 110 Å². The number of benzene rings is 1. The molecule has 0 aliphatic rings. The molecule has 0 atom stereocenters. The highest BCUT2D eigenvalue weighted by Gasteiger charge is 2.16. The van der Waals surface area contributed by atoms with Gasteiger partial charge in [-0.3, -0.25) is 10.2 Å². The normalized spacial score (nSPS) is 10.7. The van der Waals surface area contributed by atoms with Crippen LogP contribution in [-0.4, -0.2) is 17.6 Å². The first-order chi connectivity index (χ1) is 8.28. The first-order valence-corrected chi connectivity index (χ1v) is 5.70. The van der Waals surface area contributed by atoms with Gasteiger partial charge in [-0.1, -0.05) is 17.7 Å². The zero-order chi connectivity index (χ0) is 13.8. The highest BCUT2D eigenvalue weighted by molar-refractivity contribution is 6.30. The Bertz CT molecular complexity index is 455. The smallest absolute Gasteiger partial charge is 0.426 e. The van der Waals surface area contributed by atoms with E-state index in [0.29, 0.717) is 10.6 Å². The molecule has 0 aromatic heterocycles. The SMILES string of the molecule is CC(C)(C)OC(=O)NNC(=O)c1cccc(Cl)c1. The van der Waals surface area contributed by atoms with Crippen LogP contribution in [0.1, 0.15) is 31.1 Å². The molecule has 6 heteroatoms. The molecule has 18 heavy (non-hydrogen) atoms. The third-order valence-corrected chi connectivity index (χ3v) is 2.00. The number of halogens is 1. The lowest BCUT2D eigenvalue weighted by molar-refractivity contribution is 0.0483. The second-order valence-electron chi connectivity index (χ2n) is 4.59. The second kappa shape index (κ2) is 5.73. The molecule has 2 amide bonds. The van der Waals surface area contributed by atoms with E-state index in [1.165, 1.54) is 6.07 Å². The van der Waals surface area contributed by atoms with E-state index >= 15 is 0 Å². The topological polar surface area (TPSA) is 67.4 Å². The molecule has 0 fully saturated rings. The number of ether oxygens (including phenoxy) is 1. The standard InChI is InChI=1S/C12H15ClN2O3/c1-12(2,3)18-11(17)15-14-10(16)8-5-4-6-9(13)7-8/h4-7H,1-3H3,(H,14,16)(H,15,17). The quantitative estimate of drug-likeness (QED) is 0.771. The zero-order valence-electron chi connectivity index (χ0n) is 10.4. The lowest BCUT2D eigenvalue weighted by Gasteiger charge is -2.19. The Morgan fingerprint density at radius 3 is 2.44 bits per heavy atom. The van der Waals surface area contributed by atoms with Gasteiger partial charge in [-0.2, -0.15) is 0 Å². The molecule has 0 bridgehead atoms. The van der Waals surface area contributed by atoms with Crippen molar-refractivity contribution in [3.63, 3.8) is 0 Å². The van der Waals surface area contributed by atoms with Gasteiger partial charge < -0.3 is 4.74 Å². The second-order valence-corrected chi connectivity index (χ2v) is 5.03. The fourth-order valence-electron chi connectivity index (χ4n) is 1.11. The average molecular weight is 271 g/mol. The highest BCUT2D eigenvalue weighted by atomic mass is 35.5. The van der Waals surface area contributed by atoms with Gasteiger partial charge in [0, 0.05) is 10.6 Å². The molecule has 0 aliphatic heterocycles. The largest absolute Gasteiger partial charge is 0.443 e. The summed E-state index contributed by atoms with van der Waals surface area (Å²) in [6.07, 6.45) is -0.724. The lowest BCUT2D eigenvalue weighted by Crippen LogP contribution is -2.44. The highest BCUT2D eigenvalue weighted by Crippen LogP contribution is 2.10. The fourth-order valence-corrected chi connectivity index (χ4v) is 1.30. The van der Waals surface area contributed by atoms with Gasteiger partial charge in [0.2, 0.25) is 0 Å². The summed E-state index contributed by atoms with van der Waals surface area (Å²) in [4.78, 5) is 22.9. The minimum atomic E-state index is -0.724. The number of hydrazine groups is 1. The zero-order valence-corrected chi connectivity index (χ0v) is 11.2. The van der Waals surface area contributed by atoms with Gasteiger partial charge in [0.05, 0.1) is 0 Å². The van der Waals surface area contributed by atoms with Crippen molar-refractivity contribution in [1.29, 1.82) is 0 Å². The Hall–Kier alpha value is -1.75. The summed E-state index contributed by atoms with van der Waals surface area (Å²) in [5, 5.41) is 0.444. The fraction of sp³-hybridized carbons (Fsp3) is 0.333. The summed E-state index contributed by atoms with van der Waals surface area (Å²) in [5.41, 5.74) is 4.11. The molecule has 0 radical (unpaired) electrons. The molecule has 0 aliphatic carbocycles. The van der Waals surface area contributed by atoms with Crippen molar-refractivity contribution < 1.29 is 14.3 Å². The lowest BCUT2D eigenvalue weighted by atomic mass is 10.2. The summed E-state index contributed by atoms with van der Waals surface area (Å²) >= 11 is 5.75. The van der Waals surface area contributed by atoms with Crippen LogP contribution in [0, 0.1) is 0 Å². The van der Waals surface area contributed by atoms with E-state index < -0.39 is 17.6 Å². The Morgan fingerprint density at radius 1 is 1.22 bits per heavy atom. The van der Waals surface area contributed by atoms with Crippen LogP contribution in [0.2, 0.25) is 5.02 Å². The van der Waals surface area contributed by atoms with Gasteiger partial charge in [0.1, 0.15) is 5.60 Å². The first-order valence-electron chi connectivity index (χ1n) is 5.33. The third kappa shape index (κ3) is 5.05. The summed E-state index contributed by atoms with van der Waals surface area (Å²) < 4.78 is 4.96. The molecule has 0 saturated heterocycles. The van der Waals surface area contributed by atoms with Crippen molar-refractivity contribution >= 4 is 23.6 Å². The van der Waals surface area contributed by atoms with Crippen molar-refractivity contribution in [3.05, 3.63) is 34.9 Å². The molecule has 5 nitrogen and oxygen atoms in total. The minimum absolute atomic E-state index is 0.346. The van der Waals surface area contributed by atoms with Crippen LogP contribution in [0.3, 0.4) is 0 Å². The van der Waals surface area contributed by atoms with Gasteiger partial charge >= 0.3 is 6.09 Å². The van der Waals surface area contributed by atoms with Crippen LogP contribution < -0.4 is 10.9 Å². The maximum absolute atomic E-state index is 11.6. The van der Waals surface area contributed by atoms with E-state index in [-0.39, 0.29) is 0 Å². The van der Waals surface area contributed by atoms with Crippen molar-refractivity contribution in [2.75, 3.05) is 0 Å². The summed E-state index contributed by atoms with van der Waals surface area (Å²) in [6.45, 7) is 5.18. The number of hydrogen-bond donors (Lipinski definition) is 2. The van der Waals surface area contributed by atoms with Crippen LogP contribution >= 0.6 is 11.6 Å². The van der Waals surface area contributed by atoms with Crippen molar-refractivity contribution in [2.24, 2.45) is 0 Å². The molecular formula is C12H15ClN2O3. The molecule has 1 aromatic rings. The first kappa shape index (κ1) is 14.3. The van der Waals surface area contributed by atoms with Crippen molar-refractivity contribution in [3.8, 4) is 0 Å². The van der Waals surface area contributed by atoms with E-state index in [4.69, 9.17) is 16.3 Å².